The lowest BCUT2D eigenvalue weighted by atomic mass is 9.67. The number of rotatable bonds is 8. The number of para-hydroxylation sites is 1. The van der Waals surface area contributed by atoms with Gasteiger partial charge in [-0.2, -0.15) is 0 Å². The number of hydrogen-bond acceptors (Lipinski definition) is 1. The second-order valence-electron chi connectivity index (χ2n) is 16.8. The molecule has 1 nitrogen and oxygen atoms in total. The first-order chi connectivity index (χ1) is 31.8. The molecular weight excluding hydrogens is 771 g/mol. The van der Waals surface area contributed by atoms with Crippen molar-refractivity contribution in [1.29, 1.82) is 0 Å². The van der Waals surface area contributed by atoms with E-state index in [1.54, 1.807) is 0 Å². The lowest BCUT2D eigenvalue weighted by molar-refractivity contribution is 0.768. The van der Waals surface area contributed by atoms with Crippen LogP contribution in [0.25, 0.3) is 66.1 Å². The molecule has 1 heteroatoms. The fourth-order valence-electron chi connectivity index (χ4n) is 10.6. The summed E-state index contributed by atoms with van der Waals surface area (Å²) in [4.78, 5) is 2.49. The Kier molecular flexibility index (Phi) is 9.13. The summed E-state index contributed by atoms with van der Waals surface area (Å²) in [5.74, 6) is 0. The normalized spacial score (nSPS) is 12.5. The lowest BCUT2D eigenvalue weighted by Gasteiger charge is -2.35. The molecule has 11 aromatic rings. The van der Waals surface area contributed by atoms with Crippen LogP contribution in [0.2, 0.25) is 0 Å². The number of nitrogens with zero attached hydrogens (tertiary/aromatic N) is 1. The molecule has 0 N–H and O–H groups in total. The first-order valence-corrected chi connectivity index (χ1v) is 22.2. The van der Waals surface area contributed by atoms with Crippen LogP contribution >= 0.6 is 0 Å². The summed E-state index contributed by atoms with van der Waals surface area (Å²) < 4.78 is 0. The highest BCUT2D eigenvalue weighted by Gasteiger charge is 2.46. The van der Waals surface area contributed by atoms with Crippen LogP contribution in [0.1, 0.15) is 22.3 Å². The van der Waals surface area contributed by atoms with E-state index < -0.39 is 5.41 Å². The van der Waals surface area contributed by atoms with Crippen LogP contribution in [0.15, 0.2) is 261 Å². The summed E-state index contributed by atoms with van der Waals surface area (Å²) in [7, 11) is 0. The lowest BCUT2D eigenvalue weighted by Crippen LogP contribution is -2.28. The molecule has 1 aliphatic rings. The third-order valence-electron chi connectivity index (χ3n) is 13.3. The Morgan fingerprint density at radius 2 is 0.812 bits per heavy atom. The van der Waals surface area contributed by atoms with E-state index >= 15 is 0 Å². The fraction of sp³-hybridized carbons (Fsp3) is 0.0159. The van der Waals surface area contributed by atoms with Crippen LogP contribution in [0.3, 0.4) is 0 Å². The Morgan fingerprint density at radius 1 is 0.281 bits per heavy atom. The minimum absolute atomic E-state index is 0.535. The zero-order valence-electron chi connectivity index (χ0n) is 35.3. The molecule has 0 spiro atoms. The highest BCUT2D eigenvalue weighted by Crippen LogP contribution is 2.58. The van der Waals surface area contributed by atoms with Crippen molar-refractivity contribution < 1.29 is 0 Å². The Labute approximate surface area is 374 Å². The van der Waals surface area contributed by atoms with Crippen molar-refractivity contribution in [2.24, 2.45) is 0 Å². The zero-order valence-corrected chi connectivity index (χ0v) is 35.3. The van der Waals surface area contributed by atoms with Gasteiger partial charge >= 0.3 is 0 Å². The minimum Gasteiger partial charge on any atom is -0.310 e. The molecular formula is C63H43N. The van der Waals surface area contributed by atoms with Gasteiger partial charge in [0.25, 0.3) is 0 Å². The maximum Gasteiger partial charge on any atom is 0.0714 e. The van der Waals surface area contributed by atoms with Crippen LogP contribution < -0.4 is 4.90 Å². The smallest absolute Gasteiger partial charge is 0.0714 e. The second kappa shape index (κ2) is 15.6. The van der Waals surface area contributed by atoms with Gasteiger partial charge in [-0.1, -0.05) is 224 Å². The third-order valence-corrected chi connectivity index (χ3v) is 13.3. The molecule has 0 heterocycles. The van der Waals surface area contributed by atoms with E-state index in [-0.39, 0.29) is 0 Å². The zero-order chi connectivity index (χ0) is 42.5. The summed E-state index contributed by atoms with van der Waals surface area (Å²) >= 11 is 0. The molecule has 0 saturated carbocycles. The molecule has 0 radical (unpaired) electrons. The Morgan fingerprint density at radius 3 is 1.53 bits per heavy atom. The highest BCUT2D eigenvalue weighted by molar-refractivity contribution is 6.16. The van der Waals surface area contributed by atoms with Gasteiger partial charge in [0.15, 0.2) is 0 Å². The molecule has 64 heavy (non-hydrogen) atoms. The minimum atomic E-state index is -0.535. The quantitative estimate of drug-likeness (QED) is 0.138. The molecule has 0 bridgehead atoms. The average molecular weight is 814 g/mol. The van der Waals surface area contributed by atoms with Crippen molar-refractivity contribution >= 4 is 38.6 Å². The van der Waals surface area contributed by atoms with Crippen molar-refractivity contribution in [3.05, 3.63) is 283 Å². The highest BCUT2D eigenvalue weighted by atomic mass is 15.1. The van der Waals surface area contributed by atoms with Crippen molar-refractivity contribution in [1.82, 2.24) is 0 Å². The molecule has 12 rings (SSSR count). The van der Waals surface area contributed by atoms with E-state index in [1.165, 1.54) is 88.3 Å². The van der Waals surface area contributed by atoms with Gasteiger partial charge in [0.2, 0.25) is 0 Å². The molecule has 0 atom stereocenters. The van der Waals surface area contributed by atoms with Crippen LogP contribution in [-0.4, -0.2) is 0 Å². The Bertz CT molecular complexity index is 3430. The maximum atomic E-state index is 2.49. The summed E-state index contributed by atoms with van der Waals surface area (Å²) in [5, 5.41) is 4.94. The predicted molar refractivity (Wildman–Crippen MR) is 270 cm³/mol. The number of fused-ring (bicyclic) bond motifs is 6. The molecule has 0 aliphatic heterocycles. The van der Waals surface area contributed by atoms with E-state index in [9.17, 15) is 0 Å². The molecule has 0 unspecified atom stereocenters. The molecule has 11 aromatic carbocycles. The molecule has 0 amide bonds. The standard InChI is InChI=1S/C63H43N/c1-5-20-44(21-6-1)45-36-38-46(39-37-45)53-33-19-35-61(62(53)58-42-47-22-13-14-29-52(47)54-30-15-16-31-55(54)58)64(50-27-11-4-12-28-50)51-40-41-57-56-32-17-18-34-59(56)63(60(57)43-51,48-23-7-2-8-24-48)49-25-9-3-10-26-49/h1-43H. The molecule has 0 fully saturated rings. The summed E-state index contributed by atoms with van der Waals surface area (Å²) in [5.41, 5.74) is 17.5. The molecule has 300 valence electrons. The van der Waals surface area contributed by atoms with E-state index in [2.05, 4.69) is 266 Å². The average Bonchev–Trinajstić information content (AvgIpc) is 3.68. The van der Waals surface area contributed by atoms with Crippen LogP contribution in [0.5, 0.6) is 0 Å². The van der Waals surface area contributed by atoms with Gasteiger partial charge in [0.1, 0.15) is 0 Å². The van der Waals surface area contributed by atoms with Gasteiger partial charge in [-0.15, -0.1) is 0 Å². The topological polar surface area (TPSA) is 3.24 Å². The van der Waals surface area contributed by atoms with Crippen LogP contribution in [0.4, 0.5) is 17.1 Å². The summed E-state index contributed by atoms with van der Waals surface area (Å²) in [6.45, 7) is 0. The van der Waals surface area contributed by atoms with Gasteiger partial charge in [0, 0.05) is 16.9 Å². The van der Waals surface area contributed by atoms with E-state index in [1.807, 2.05) is 0 Å². The van der Waals surface area contributed by atoms with Gasteiger partial charge in [-0.25, -0.2) is 0 Å². The van der Waals surface area contributed by atoms with Crippen LogP contribution in [-0.2, 0) is 5.41 Å². The van der Waals surface area contributed by atoms with E-state index in [0.29, 0.717) is 0 Å². The first-order valence-electron chi connectivity index (χ1n) is 22.2. The maximum absolute atomic E-state index is 2.49. The molecule has 0 aromatic heterocycles. The number of benzene rings is 11. The third kappa shape index (κ3) is 6.01. The summed E-state index contributed by atoms with van der Waals surface area (Å²) in [6.07, 6.45) is 0. The monoisotopic (exact) mass is 813 g/mol. The summed E-state index contributed by atoms with van der Waals surface area (Å²) in [6, 6.07) is 96.0. The van der Waals surface area contributed by atoms with E-state index in [4.69, 9.17) is 0 Å². The Hall–Kier alpha value is -8.26. The predicted octanol–water partition coefficient (Wildman–Crippen LogP) is 16.8. The van der Waals surface area contributed by atoms with Crippen molar-refractivity contribution in [3.63, 3.8) is 0 Å². The van der Waals surface area contributed by atoms with E-state index in [0.717, 1.165) is 17.1 Å². The van der Waals surface area contributed by atoms with Crippen molar-refractivity contribution in [2.75, 3.05) is 4.90 Å². The van der Waals surface area contributed by atoms with Gasteiger partial charge < -0.3 is 4.90 Å². The fourth-order valence-corrected chi connectivity index (χ4v) is 10.6. The number of hydrogen-bond donors (Lipinski definition) is 0. The van der Waals surface area contributed by atoms with Crippen molar-refractivity contribution in [2.45, 2.75) is 5.41 Å². The van der Waals surface area contributed by atoms with Crippen molar-refractivity contribution in [3.8, 4) is 44.5 Å². The van der Waals surface area contributed by atoms with Gasteiger partial charge in [0.05, 0.1) is 11.1 Å². The SMILES string of the molecule is c1ccc(-c2ccc(-c3cccc(N(c4ccccc4)c4ccc5c(c4)C(c4ccccc4)(c4ccccc4)c4ccccc4-5)c3-c3cc4ccccc4c4ccccc34)cc2)cc1. The Balaban J connectivity index is 1.16. The van der Waals surface area contributed by atoms with Crippen LogP contribution in [0, 0.1) is 0 Å². The molecule has 1 aliphatic carbocycles. The van der Waals surface area contributed by atoms with Gasteiger partial charge in [-0.3, -0.25) is 0 Å². The second-order valence-corrected chi connectivity index (χ2v) is 16.8. The molecule has 0 saturated heterocycles. The largest absolute Gasteiger partial charge is 0.310 e. The van der Waals surface area contributed by atoms with Gasteiger partial charge in [-0.05, 0) is 119 Å². The first kappa shape index (κ1) is 37.5. The number of anilines is 3.